The molecule has 2 aromatic rings. The smallest absolute Gasteiger partial charge is 0.230 e. The first-order valence-corrected chi connectivity index (χ1v) is 8.03. The van der Waals surface area contributed by atoms with E-state index in [-0.39, 0.29) is 11.9 Å². The molecule has 0 saturated carbocycles. The molecule has 1 aromatic carbocycles. The van der Waals surface area contributed by atoms with Crippen LogP contribution in [0.3, 0.4) is 0 Å². The van der Waals surface area contributed by atoms with E-state index in [1.165, 1.54) is 17.3 Å². The molecule has 0 aliphatic heterocycles. The Hall–Kier alpha value is -1.92. The van der Waals surface area contributed by atoms with Gasteiger partial charge in [-0.3, -0.25) is 4.79 Å². The van der Waals surface area contributed by atoms with Crippen LogP contribution in [-0.4, -0.2) is 47.2 Å². The summed E-state index contributed by atoms with van der Waals surface area (Å²) in [5, 5.41) is 3.59. The van der Waals surface area contributed by atoms with Gasteiger partial charge < -0.3 is 10.2 Å². The highest BCUT2D eigenvalue weighted by Gasteiger charge is 2.15. The second kappa shape index (κ2) is 8.51. The maximum atomic E-state index is 12.0. The molecule has 116 valence electrons. The summed E-state index contributed by atoms with van der Waals surface area (Å²) in [5.41, 5.74) is 1.19. The lowest BCUT2D eigenvalue weighted by Gasteiger charge is -2.25. The van der Waals surface area contributed by atoms with Gasteiger partial charge in [-0.1, -0.05) is 42.1 Å². The maximum Gasteiger partial charge on any atom is 0.230 e. The molecule has 1 N–H and O–H groups in total. The van der Waals surface area contributed by atoms with Crippen molar-refractivity contribution in [3.8, 4) is 0 Å². The fourth-order valence-electron chi connectivity index (χ4n) is 2.03. The van der Waals surface area contributed by atoms with Gasteiger partial charge in [-0.25, -0.2) is 9.97 Å². The van der Waals surface area contributed by atoms with Crippen molar-refractivity contribution in [2.24, 2.45) is 0 Å². The molecule has 1 amide bonds. The summed E-state index contributed by atoms with van der Waals surface area (Å²) < 4.78 is 0. The number of nitrogens with zero attached hydrogens (tertiary/aromatic N) is 3. The Morgan fingerprint density at radius 2 is 1.86 bits per heavy atom. The van der Waals surface area contributed by atoms with Gasteiger partial charge in [0.2, 0.25) is 5.91 Å². The fraction of sp³-hybridized carbons (Fsp3) is 0.312. The molecular weight excluding hydrogens is 296 g/mol. The summed E-state index contributed by atoms with van der Waals surface area (Å²) in [7, 11) is 4.02. The van der Waals surface area contributed by atoms with Gasteiger partial charge in [0.05, 0.1) is 11.8 Å². The number of nitrogens with one attached hydrogen (secondary N) is 1. The summed E-state index contributed by atoms with van der Waals surface area (Å²) >= 11 is 1.34. The molecule has 22 heavy (non-hydrogen) atoms. The molecule has 0 unspecified atom stereocenters. The van der Waals surface area contributed by atoms with Gasteiger partial charge in [0.15, 0.2) is 5.16 Å². The lowest BCUT2D eigenvalue weighted by Crippen LogP contribution is -2.35. The van der Waals surface area contributed by atoms with Crippen LogP contribution in [0.2, 0.25) is 0 Å². The number of likely N-dealkylation sites (N-methyl/N-ethyl adjacent to an activating group) is 1. The topological polar surface area (TPSA) is 58.1 Å². The minimum Gasteiger partial charge on any atom is -0.353 e. The SMILES string of the molecule is CN(C)[C@@H](CNC(=O)CSc1ncccn1)c1ccccc1. The molecule has 6 heteroatoms. The van der Waals surface area contributed by atoms with Crippen molar-refractivity contribution in [3.63, 3.8) is 0 Å². The van der Waals surface area contributed by atoms with E-state index in [2.05, 4.69) is 32.3 Å². The quantitative estimate of drug-likeness (QED) is 0.625. The van der Waals surface area contributed by atoms with Crippen molar-refractivity contribution in [3.05, 3.63) is 54.4 Å². The Labute approximate surface area is 135 Å². The standard InChI is InChI=1S/C16H20N4OS/c1-20(2)14(13-7-4-3-5-8-13)11-19-15(21)12-22-16-17-9-6-10-18-16/h3-10,14H,11-12H2,1-2H3,(H,19,21)/t14-/m0/s1. The van der Waals surface area contributed by atoms with Crippen LogP contribution in [0.1, 0.15) is 11.6 Å². The van der Waals surface area contributed by atoms with Crippen LogP contribution in [0, 0.1) is 0 Å². The minimum absolute atomic E-state index is 0.0137. The third-order valence-electron chi connectivity index (χ3n) is 3.17. The molecule has 5 nitrogen and oxygen atoms in total. The zero-order chi connectivity index (χ0) is 15.8. The number of benzene rings is 1. The van der Waals surface area contributed by atoms with E-state index in [0.717, 1.165) is 0 Å². The molecule has 2 rings (SSSR count). The molecule has 1 atom stereocenters. The van der Waals surface area contributed by atoms with Crippen molar-refractivity contribution >= 4 is 17.7 Å². The zero-order valence-electron chi connectivity index (χ0n) is 12.8. The van der Waals surface area contributed by atoms with Gasteiger partial charge in [0.1, 0.15) is 0 Å². The highest BCUT2D eigenvalue weighted by Crippen LogP contribution is 2.17. The van der Waals surface area contributed by atoms with Crippen molar-refractivity contribution in [2.75, 3.05) is 26.4 Å². The monoisotopic (exact) mass is 316 g/mol. The Morgan fingerprint density at radius 1 is 1.18 bits per heavy atom. The van der Waals surface area contributed by atoms with Crippen LogP contribution in [0.15, 0.2) is 53.9 Å². The highest BCUT2D eigenvalue weighted by atomic mass is 32.2. The second-order valence-electron chi connectivity index (χ2n) is 5.01. The first-order chi connectivity index (χ1) is 10.7. The molecule has 0 spiro atoms. The van der Waals surface area contributed by atoms with Gasteiger partial charge in [-0.15, -0.1) is 0 Å². The lowest BCUT2D eigenvalue weighted by molar-refractivity contribution is -0.118. The molecule has 0 aliphatic rings. The second-order valence-corrected chi connectivity index (χ2v) is 5.96. The van der Waals surface area contributed by atoms with Crippen LogP contribution in [0.5, 0.6) is 0 Å². The average Bonchev–Trinajstić information content (AvgIpc) is 2.55. The molecule has 0 radical (unpaired) electrons. The summed E-state index contributed by atoms with van der Waals surface area (Å²) in [6.45, 7) is 0.575. The number of hydrogen-bond donors (Lipinski definition) is 1. The number of carbonyl (C=O) groups is 1. The first-order valence-electron chi connectivity index (χ1n) is 7.04. The van der Waals surface area contributed by atoms with Gasteiger partial charge in [-0.2, -0.15) is 0 Å². The van der Waals surface area contributed by atoms with Crippen LogP contribution in [0.25, 0.3) is 0 Å². The van der Waals surface area contributed by atoms with Crippen LogP contribution in [-0.2, 0) is 4.79 Å². The Balaban J connectivity index is 1.83. The van der Waals surface area contributed by atoms with Gasteiger partial charge in [0.25, 0.3) is 0 Å². The van der Waals surface area contributed by atoms with E-state index < -0.39 is 0 Å². The molecular formula is C16H20N4OS. The molecule has 0 fully saturated rings. The number of aromatic nitrogens is 2. The van der Waals surface area contributed by atoms with E-state index >= 15 is 0 Å². The van der Waals surface area contributed by atoms with Gasteiger partial charge in [-0.05, 0) is 25.7 Å². The van der Waals surface area contributed by atoms with E-state index in [1.54, 1.807) is 18.5 Å². The number of hydrogen-bond acceptors (Lipinski definition) is 5. The third kappa shape index (κ3) is 5.13. The Bertz CT molecular complexity index is 577. The predicted octanol–water partition coefficient (Wildman–Crippen LogP) is 1.99. The lowest BCUT2D eigenvalue weighted by atomic mass is 10.1. The van der Waals surface area contributed by atoms with E-state index in [4.69, 9.17) is 0 Å². The van der Waals surface area contributed by atoms with Gasteiger partial charge in [0, 0.05) is 18.9 Å². The van der Waals surface area contributed by atoms with Crippen molar-refractivity contribution in [2.45, 2.75) is 11.2 Å². The summed E-state index contributed by atoms with van der Waals surface area (Å²) in [6, 6.07) is 12.1. The minimum atomic E-state index is -0.0137. The van der Waals surface area contributed by atoms with Crippen LogP contribution < -0.4 is 5.32 Å². The maximum absolute atomic E-state index is 12.0. The van der Waals surface area contributed by atoms with Crippen molar-refractivity contribution in [1.82, 2.24) is 20.2 Å². The molecule has 0 bridgehead atoms. The summed E-state index contributed by atoms with van der Waals surface area (Å²) in [5.74, 6) is 0.305. The number of rotatable bonds is 7. The normalized spacial score (nSPS) is 12.1. The third-order valence-corrected chi connectivity index (χ3v) is 4.05. The van der Waals surface area contributed by atoms with Crippen molar-refractivity contribution in [1.29, 1.82) is 0 Å². The van der Waals surface area contributed by atoms with Crippen LogP contribution in [0.4, 0.5) is 0 Å². The van der Waals surface area contributed by atoms with Crippen molar-refractivity contribution < 1.29 is 4.79 Å². The van der Waals surface area contributed by atoms with Crippen LogP contribution >= 0.6 is 11.8 Å². The zero-order valence-corrected chi connectivity index (χ0v) is 13.6. The van der Waals surface area contributed by atoms with E-state index in [0.29, 0.717) is 17.5 Å². The average molecular weight is 316 g/mol. The van der Waals surface area contributed by atoms with Gasteiger partial charge >= 0.3 is 0 Å². The highest BCUT2D eigenvalue weighted by molar-refractivity contribution is 7.99. The molecule has 1 heterocycles. The number of amides is 1. The number of carbonyl (C=O) groups excluding carboxylic acids is 1. The van der Waals surface area contributed by atoms with E-state index in [1.807, 2.05) is 32.3 Å². The fourth-order valence-corrected chi connectivity index (χ4v) is 2.66. The largest absolute Gasteiger partial charge is 0.353 e. The molecule has 0 saturated heterocycles. The molecule has 1 aromatic heterocycles. The predicted molar refractivity (Wildman–Crippen MR) is 88.6 cm³/mol. The molecule has 0 aliphatic carbocycles. The summed E-state index contributed by atoms with van der Waals surface area (Å²) in [6.07, 6.45) is 3.34. The summed E-state index contributed by atoms with van der Waals surface area (Å²) in [4.78, 5) is 22.2. The Morgan fingerprint density at radius 3 is 2.50 bits per heavy atom. The Kier molecular flexibility index (Phi) is 6.36. The first kappa shape index (κ1) is 16.5. The number of thioether (sulfide) groups is 1. The van der Waals surface area contributed by atoms with E-state index in [9.17, 15) is 4.79 Å².